The molecule has 0 saturated carbocycles. The number of carbonyl (C=O) groups is 1. The van der Waals surface area contributed by atoms with Crippen molar-refractivity contribution in [2.75, 3.05) is 5.32 Å². The highest BCUT2D eigenvalue weighted by atomic mass is 19.4. The Morgan fingerprint density at radius 3 is 2.27 bits per heavy atom. The van der Waals surface area contributed by atoms with Crippen LogP contribution < -0.4 is 5.32 Å². The van der Waals surface area contributed by atoms with Crippen LogP contribution in [-0.2, 0) is 4.79 Å². The van der Waals surface area contributed by atoms with Gasteiger partial charge < -0.3 is 5.32 Å². The Morgan fingerprint density at radius 1 is 1.05 bits per heavy atom. The molecule has 0 unspecified atom stereocenters. The Kier molecular flexibility index (Phi) is 3.50. The predicted molar refractivity (Wildman–Crippen MR) is 56.4 cm³/mol. The highest BCUT2D eigenvalue weighted by Gasteiger charge is 2.76. The van der Waals surface area contributed by atoms with Crippen LogP contribution in [0.4, 0.5) is 36.4 Å². The number of alkyl halides is 7. The summed E-state index contributed by atoms with van der Waals surface area (Å²) in [6.45, 7) is 0. The monoisotopic (exact) mass is 331 g/mol. The van der Waals surface area contributed by atoms with E-state index in [0.717, 1.165) is 6.07 Å². The molecule has 120 valence electrons. The van der Waals surface area contributed by atoms with Crippen LogP contribution in [0.1, 0.15) is 0 Å². The molecular weight excluding hydrogens is 327 g/mol. The third-order valence-corrected chi connectivity index (χ3v) is 2.57. The van der Waals surface area contributed by atoms with Gasteiger partial charge in [-0.2, -0.15) is 30.7 Å². The van der Waals surface area contributed by atoms with E-state index in [1.165, 1.54) is 17.4 Å². The fourth-order valence-corrected chi connectivity index (χ4v) is 1.43. The zero-order valence-electron chi connectivity index (χ0n) is 10.1. The third-order valence-electron chi connectivity index (χ3n) is 2.57. The summed E-state index contributed by atoms with van der Waals surface area (Å²) in [5, 5.41) is 7.75. The number of rotatable bonds is 3. The Hall–Kier alpha value is -2.40. The molecule has 0 aliphatic rings. The van der Waals surface area contributed by atoms with Crippen molar-refractivity contribution in [2.24, 2.45) is 0 Å². The molecule has 1 aromatic heterocycles. The fourth-order valence-electron chi connectivity index (χ4n) is 1.43. The summed E-state index contributed by atoms with van der Waals surface area (Å²) in [5.74, 6) is -15.4. The van der Waals surface area contributed by atoms with Crippen LogP contribution in [0.25, 0.3) is 11.0 Å². The Bertz CT molecular complexity index is 710. The van der Waals surface area contributed by atoms with Crippen molar-refractivity contribution in [3.05, 3.63) is 18.2 Å². The first-order chi connectivity index (χ1) is 9.98. The molecule has 5 nitrogen and oxygen atoms in total. The van der Waals surface area contributed by atoms with Crippen molar-refractivity contribution >= 4 is 22.6 Å². The molecule has 1 aromatic carbocycles. The van der Waals surface area contributed by atoms with Crippen LogP contribution in [0.15, 0.2) is 22.8 Å². The first kappa shape index (κ1) is 16.0. The summed E-state index contributed by atoms with van der Waals surface area (Å²) in [6.07, 6.45) is -6.60. The van der Waals surface area contributed by atoms with Gasteiger partial charge in [-0.25, -0.2) is 4.63 Å². The van der Waals surface area contributed by atoms with E-state index in [1.54, 1.807) is 0 Å². The molecule has 1 amide bonds. The molecule has 0 aliphatic carbocycles. The summed E-state index contributed by atoms with van der Waals surface area (Å²) in [4.78, 5) is 11.2. The first-order valence-electron chi connectivity index (χ1n) is 5.33. The number of hydrogen-bond donors (Lipinski definition) is 1. The molecular formula is C10H4F7N3O2. The van der Waals surface area contributed by atoms with E-state index in [9.17, 15) is 35.5 Å². The number of benzene rings is 1. The number of hydrogen-bond acceptors (Lipinski definition) is 4. The van der Waals surface area contributed by atoms with Crippen molar-refractivity contribution in [1.29, 1.82) is 0 Å². The Morgan fingerprint density at radius 2 is 1.68 bits per heavy atom. The first-order valence-corrected chi connectivity index (χ1v) is 5.33. The van der Waals surface area contributed by atoms with Crippen molar-refractivity contribution < 1.29 is 40.2 Å². The number of carbonyl (C=O) groups excluding carboxylic acids is 1. The summed E-state index contributed by atoms with van der Waals surface area (Å²) < 4.78 is 92.0. The van der Waals surface area contributed by atoms with Gasteiger partial charge in [0.25, 0.3) is 0 Å². The van der Waals surface area contributed by atoms with Crippen LogP contribution >= 0.6 is 0 Å². The number of nitrogens with zero attached hydrogens (tertiary/aromatic N) is 2. The van der Waals surface area contributed by atoms with Crippen LogP contribution in [0.2, 0.25) is 0 Å². The normalized spacial score (nSPS) is 13.4. The molecule has 0 fully saturated rings. The molecule has 0 aliphatic heterocycles. The summed E-state index contributed by atoms with van der Waals surface area (Å²) in [7, 11) is 0. The van der Waals surface area contributed by atoms with Gasteiger partial charge in [0, 0.05) is 0 Å². The lowest BCUT2D eigenvalue weighted by atomic mass is 10.1. The largest absolute Gasteiger partial charge is 0.460 e. The Labute approximate surface area is 116 Å². The lowest BCUT2D eigenvalue weighted by Gasteiger charge is -2.26. The summed E-state index contributed by atoms with van der Waals surface area (Å²) in [6, 6.07) is 3.40. The number of aromatic nitrogens is 2. The second-order valence-corrected chi connectivity index (χ2v) is 4.04. The minimum absolute atomic E-state index is 0.0244. The topological polar surface area (TPSA) is 68.0 Å². The van der Waals surface area contributed by atoms with Crippen LogP contribution in [0.3, 0.4) is 0 Å². The molecule has 1 heterocycles. The standard InChI is InChI=1S/C10H4F7N3O2/c11-8(12,9(13,14)10(15,16)17)7(21)18-4-2-1-3-5-6(4)20-22-19-5/h1-3H,(H,18,21). The van der Waals surface area contributed by atoms with Crippen molar-refractivity contribution in [1.82, 2.24) is 10.3 Å². The maximum atomic E-state index is 13.2. The molecule has 0 saturated heterocycles. The van der Waals surface area contributed by atoms with E-state index in [2.05, 4.69) is 14.9 Å². The SMILES string of the molecule is O=C(Nc1cccc2nonc12)C(F)(F)C(F)(F)C(F)(F)F. The van der Waals surface area contributed by atoms with Crippen molar-refractivity contribution in [2.45, 2.75) is 18.0 Å². The van der Waals surface area contributed by atoms with Crippen LogP contribution in [-0.4, -0.2) is 34.2 Å². The van der Waals surface area contributed by atoms with Crippen LogP contribution in [0, 0.1) is 0 Å². The third kappa shape index (κ3) is 2.33. The molecule has 0 spiro atoms. The number of amides is 1. The summed E-state index contributed by atoms with van der Waals surface area (Å²) in [5.41, 5.74) is -0.868. The van der Waals surface area contributed by atoms with Crippen molar-refractivity contribution in [3.8, 4) is 0 Å². The van der Waals surface area contributed by atoms with Gasteiger partial charge in [0.2, 0.25) is 0 Å². The molecule has 12 heteroatoms. The van der Waals surface area contributed by atoms with Gasteiger partial charge in [0.1, 0.15) is 5.52 Å². The maximum Gasteiger partial charge on any atom is 0.460 e. The average molecular weight is 331 g/mol. The van der Waals surface area contributed by atoms with E-state index < -0.39 is 29.6 Å². The number of anilines is 1. The van der Waals surface area contributed by atoms with Gasteiger partial charge in [-0.3, -0.25) is 4.79 Å². The molecule has 0 bridgehead atoms. The second-order valence-electron chi connectivity index (χ2n) is 4.04. The van der Waals surface area contributed by atoms with E-state index >= 15 is 0 Å². The number of fused-ring (bicyclic) bond motifs is 1. The van der Waals surface area contributed by atoms with E-state index in [4.69, 9.17) is 0 Å². The van der Waals surface area contributed by atoms with Crippen molar-refractivity contribution in [3.63, 3.8) is 0 Å². The lowest BCUT2D eigenvalue weighted by molar-refractivity contribution is -0.343. The predicted octanol–water partition coefficient (Wildman–Crippen LogP) is 2.99. The minimum Gasteiger partial charge on any atom is -0.319 e. The van der Waals surface area contributed by atoms with Gasteiger partial charge in [-0.1, -0.05) is 6.07 Å². The molecule has 0 atom stereocenters. The van der Waals surface area contributed by atoms with Gasteiger partial charge in [0.15, 0.2) is 5.52 Å². The molecule has 1 N–H and O–H groups in total. The highest BCUT2D eigenvalue weighted by Crippen LogP contribution is 2.47. The maximum absolute atomic E-state index is 13.2. The zero-order chi connectivity index (χ0) is 16.8. The average Bonchev–Trinajstić information content (AvgIpc) is 2.86. The second kappa shape index (κ2) is 4.81. The minimum atomic E-state index is -6.60. The Balaban J connectivity index is 2.34. The molecule has 2 rings (SSSR count). The van der Waals surface area contributed by atoms with Gasteiger partial charge in [-0.15, -0.1) is 0 Å². The zero-order valence-corrected chi connectivity index (χ0v) is 10.1. The highest BCUT2D eigenvalue weighted by molar-refractivity contribution is 6.02. The quantitative estimate of drug-likeness (QED) is 0.878. The smallest absolute Gasteiger partial charge is 0.319 e. The van der Waals surface area contributed by atoms with Gasteiger partial charge in [-0.05, 0) is 22.4 Å². The lowest BCUT2D eigenvalue weighted by Crippen LogP contribution is -2.57. The molecule has 2 aromatic rings. The van der Waals surface area contributed by atoms with E-state index in [1.807, 2.05) is 0 Å². The van der Waals surface area contributed by atoms with E-state index in [0.29, 0.717) is 0 Å². The van der Waals surface area contributed by atoms with Gasteiger partial charge in [0.05, 0.1) is 5.69 Å². The molecule has 0 radical (unpaired) electrons. The van der Waals surface area contributed by atoms with Gasteiger partial charge >= 0.3 is 23.9 Å². The molecule has 22 heavy (non-hydrogen) atoms. The fraction of sp³-hybridized carbons (Fsp3) is 0.300. The number of halogens is 7. The van der Waals surface area contributed by atoms with E-state index in [-0.39, 0.29) is 11.0 Å². The van der Waals surface area contributed by atoms with Crippen LogP contribution in [0.5, 0.6) is 0 Å². The number of nitrogens with one attached hydrogen (secondary N) is 1. The summed E-state index contributed by atoms with van der Waals surface area (Å²) >= 11 is 0.